The largest absolute Gasteiger partial charge is 0.382 e. The van der Waals surface area contributed by atoms with Crippen molar-refractivity contribution in [1.82, 2.24) is 9.97 Å². The smallest absolute Gasteiger partial charge is 0.268 e. The zero-order valence-electron chi connectivity index (χ0n) is 5.48. The van der Waals surface area contributed by atoms with Gasteiger partial charge in [-0.2, -0.15) is 0 Å². The van der Waals surface area contributed by atoms with Crippen LogP contribution in [0.25, 0.3) is 0 Å². The van der Waals surface area contributed by atoms with E-state index in [1.165, 1.54) is 6.33 Å². The van der Waals surface area contributed by atoms with Crippen LogP contribution in [-0.2, 0) is 0 Å². The van der Waals surface area contributed by atoms with E-state index in [9.17, 15) is 8.78 Å². The Morgan fingerprint density at radius 1 is 1.27 bits per heavy atom. The van der Waals surface area contributed by atoms with Crippen LogP contribution in [0.15, 0.2) is 18.7 Å². The van der Waals surface area contributed by atoms with Gasteiger partial charge in [-0.3, -0.25) is 0 Å². The quantitative estimate of drug-likeness (QED) is 0.695. The molecular formula is C6H6F2N2O. The minimum Gasteiger partial charge on any atom is -0.382 e. The second-order valence-electron chi connectivity index (χ2n) is 1.95. The first-order valence-electron chi connectivity index (χ1n) is 2.93. The van der Waals surface area contributed by atoms with Crippen LogP contribution in [0.1, 0.15) is 11.7 Å². The van der Waals surface area contributed by atoms with Crippen LogP contribution in [0, 0.1) is 0 Å². The van der Waals surface area contributed by atoms with Crippen molar-refractivity contribution in [3.63, 3.8) is 0 Å². The maximum absolute atomic E-state index is 11.8. The van der Waals surface area contributed by atoms with Crippen LogP contribution >= 0.6 is 0 Å². The standard InChI is InChI=1S/C6H6F2N2O/c7-6(8)5(11)4-1-9-3-10-2-4/h1-3,5-6,11H. The minimum atomic E-state index is -2.79. The van der Waals surface area contributed by atoms with Gasteiger partial charge in [0.2, 0.25) is 0 Å². The molecule has 0 saturated heterocycles. The molecule has 1 N–H and O–H groups in total. The Bertz CT molecular complexity index is 217. The molecule has 1 rings (SSSR count). The summed E-state index contributed by atoms with van der Waals surface area (Å²) >= 11 is 0. The summed E-state index contributed by atoms with van der Waals surface area (Å²) < 4.78 is 23.6. The fourth-order valence-corrected chi connectivity index (χ4v) is 0.609. The predicted molar refractivity (Wildman–Crippen MR) is 33.0 cm³/mol. The van der Waals surface area contributed by atoms with Crippen molar-refractivity contribution in [1.29, 1.82) is 0 Å². The SMILES string of the molecule is OC(c1cncnc1)C(F)F. The van der Waals surface area contributed by atoms with Crippen LogP contribution in [0.2, 0.25) is 0 Å². The first-order chi connectivity index (χ1) is 5.22. The van der Waals surface area contributed by atoms with Crippen molar-refractivity contribution in [2.75, 3.05) is 0 Å². The van der Waals surface area contributed by atoms with E-state index in [1.54, 1.807) is 0 Å². The summed E-state index contributed by atoms with van der Waals surface area (Å²) in [6.45, 7) is 0. The number of aromatic nitrogens is 2. The lowest BCUT2D eigenvalue weighted by molar-refractivity contribution is -0.00616. The predicted octanol–water partition coefficient (Wildman–Crippen LogP) is 0.775. The lowest BCUT2D eigenvalue weighted by Gasteiger charge is -2.06. The van der Waals surface area contributed by atoms with Crippen molar-refractivity contribution in [3.8, 4) is 0 Å². The number of rotatable bonds is 2. The van der Waals surface area contributed by atoms with Crippen LogP contribution in [0.3, 0.4) is 0 Å². The topological polar surface area (TPSA) is 46.0 Å². The number of aliphatic hydroxyl groups excluding tert-OH is 1. The third-order valence-corrected chi connectivity index (χ3v) is 1.16. The maximum Gasteiger partial charge on any atom is 0.268 e. The number of hydrogen-bond donors (Lipinski definition) is 1. The van der Waals surface area contributed by atoms with E-state index in [-0.39, 0.29) is 5.56 Å². The molecule has 60 valence electrons. The first-order valence-corrected chi connectivity index (χ1v) is 2.93. The van der Waals surface area contributed by atoms with E-state index in [0.29, 0.717) is 0 Å². The molecule has 1 aromatic rings. The van der Waals surface area contributed by atoms with E-state index in [4.69, 9.17) is 5.11 Å². The van der Waals surface area contributed by atoms with Gasteiger partial charge in [0.1, 0.15) is 12.4 Å². The van der Waals surface area contributed by atoms with Crippen molar-refractivity contribution in [2.45, 2.75) is 12.5 Å². The lowest BCUT2D eigenvalue weighted by Crippen LogP contribution is -2.08. The van der Waals surface area contributed by atoms with E-state index in [1.807, 2.05) is 0 Å². The summed E-state index contributed by atoms with van der Waals surface area (Å²) in [6.07, 6.45) is -1.05. The van der Waals surface area contributed by atoms with Gasteiger partial charge in [0.15, 0.2) is 0 Å². The van der Waals surface area contributed by atoms with Crippen LogP contribution in [0.4, 0.5) is 8.78 Å². The molecule has 0 amide bonds. The Hall–Kier alpha value is -1.10. The van der Waals surface area contributed by atoms with Crippen LogP contribution < -0.4 is 0 Å². The highest BCUT2D eigenvalue weighted by molar-refractivity contribution is 5.06. The molecule has 1 aromatic heterocycles. The van der Waals surface area contributed by atoms with E-state index < -0.39 is 12.5 Å². The van der Waals surface area contributed by atoms with Gasteiger partial charge in [-0.15, -0.1) is 0 Å². The van der Waals surface area contributed by atoms with Crippen LogP contribution in [0.5, 0.6) is 0 Å². The molecule has 1 heterocycles. The molecule has 0 fully saturated rings. The molecule has 0 saturated carbocycles. The van der Waals surface area contributed by atoms with Crippen molar-refractivity contribution in [3.05, 3.63) is 24.3 Å². The zero-order chi connectivity index (χ0) is 8.27. The second-order valence-corrected chi connectivity index (χ2v) is 1.95. The third kappa shape index (κ3) is 1.91. The van der Waals surface area contributed by atoms with Gasteiger partial charge < -0.3 is 5.11 Å². The highest BCUT2D eigenvalue weighted by atomic mass is 19.3. The Morgan fingerprint density at radius 2 is 1.82 bits per heavy atom. The molecular weight excluding hydrogens is 154 g/mol. The normalized spacial score (nSPS) is 13.5. The second kappa shape index (κ2) is 3.34. The van der Waals surface area contributed by atoms with Gasteiger partial charge in [0.25, 0.3) is 6.43 Å². The number of alkyl halides is 2. The van der Waals surface area contributed by atoms with Gasteiger partial charge in [-0.1, -0.05) is 0 Å². The molecule has 0 aromatic carbocycles. The molecule has 3 nitrogen and oxygen atoms in total. The number of nitrogens with zero attached hydrogens (tertiary/aromatic N) is 2. The number of halogens is 2. The molecule has 5 heteroatoms. The summed E-state index contributed by atoms with van der Waals surface area (Å²) in [5.41, 5.74) is 0.0301. The van der Waals surface area contributed by atoms with Gasteiger partial charge in [0, 0.05) is 18.0 Å². The maximum atomic E-state index is 11.8. The van der Waals surface area contributed by atoms with Crippen LogP contribution in [-0.4, -0.2) is 21.5 Å². The summed E-state index contributed by atoms with van der Waals surface area (Å²) in [7, 11) is 0. The summed E-state index contributed by atoms with van der Waals surface area (Å²) in [5.74, 6) is 0. The highest BCUT2D eigenvalue weighted by Crippen LogP contribution is 2.17. The molecule has 0 bridgehead atoms. The monoisotopic (exact) mass is 160 g/mol. The molecule has 0 spiro atoms. The Labute approximate surface area is 61.7 Å². The number of hydrogen-bond acceptors (Lipinski definition) is 3. The van der Waals surface area contributed by atoms with Gasteiger partial charge >= 0.3 is 0 Å². The first kappa shape index (κ1) is 8.00. The fraction of sp³-hybridized carbons (Fsp3) is 0.333. The van der Waals surface area contributed by atoms with Crippen molar-refractivity contribution >= 4 is 0 Å². The number of aliphatic hydroxyl groups is 1. The fourth-order valence-electron chi connectivity index (χ4n) is 0.609. The van der Waals surface area contributed by atoms with Gasteiger partial charge in [0.05, 0.1) is 0 Å². The third-order valence-electron chi connectivity index (χ3n) is 1.16. The minimum absolute atomic E-state index is 0.0301. The summed E-state index contributed by atoms with van der Waals surface area (Å²) in [5, 5.41) is 8.77. The van der Waals surface area contributed by atoms with E-state index in [2.05, 4.69) is 9.97 Å². The van der Waals surface area contributed by atoms with Crippen molar-refractivity contribution < 1.29 is 13.9 Å². The molecule has 1 unspecified atom stereocenters. The van der Waals surface area contributed by atoms with Gasteiger partial charge in [-0.25, -0.2) is 18.7 Å². The lowest BCUT2D eigenvalue weighted by atomic mass is 10.2. The highest BCUT2D eigenvalue weighted by Gasteiger charge is 2.18. The molecule has 0 radical (unpaired) electrons. The molecule has 11 heavy (non-hydrogen) atoms. The molecule has 0 aliphatic rings. The van der Waals surface area contributed by atoms with E-state index >= 15 is 0 Å². The molecule has 0 aliphatic heterocycles. The summed E-state index contributed by atoms with van der Waals surface area (Å²) in [4.78, 5) is 6.97. The molecule has 1 atom stereocenters. The Kier molecular flexibility index (Phi) is 2.43. The van der Waals surface area contributed by atoms with E-state index in [0.717, 1.165) is 12.4 Å². The van der Waals surface area contributed by atoms with Crippen molar-refractivity contribution in [2.24, 2.45) is 0 Å². The Balaban J connectivity index is 2.77. The average molecular weight is 160 g/mol. The summed E-state index contributed by atoms with van der Waals surface area (Å²) in [6, 6.07) is 0. The average Bonchev–Trinajstić information content (AvgIpc) is 2.05. The Morgan fingerprint density at radius 3 is 2.27 bits per heavy atom. The molecule has 0 aliphatic carbocycles. The van der Waals surface area contributed by atoms with Gasteiger partial charge in [-0.05, 0) is 0 Å². The zero-order valence-corrected chi connectivity index (χ0v) is 5.48.